The van der Waals surface area contributed by atoms with E-state index in [1.54, 1.807) is 6.07 Å². The van der Waals surface area contributed by atoms with Crippen LogP contribution in [-0.2, 0) is 6.54 Å². The Hall–Kier alpha value is -1.04. The molecule has 1 heterocycles. The van der Waals surface area contributed by atoms with E-state index >= 15 is 0 Å². The Bertz CT molecular complexity index is 522. The Morgan fingerprint density at radius 1 is 1.19 bits per heavy atom. The number of thiocarbonyl (C=S) groups is 1. The van der Waals surface area contributed by atoms with Gasteiger partial charge >= 0.3 is 0 Å². The number of halogens is 1. The highest BCUT2D eigenvalue weighted by Crippen LogP contribution is 2.30. The molecular weight excluding hydrogens is 285 g/mol. The summed E-state index contributed by atoms with van der Waals surface area (Å²) in [5.74, 6) is 0.627. The van der Waals surface area contributed by atoms with Crippen LogP contribution in [0.5, 0.6) is 0 Å². The van der Waals surface area contributed by atoms with Crippen molar-refractivity contribution in [3.05, 3.63) is 35.1 Å². The van der Waals surface area contributed by atoms with Crippen molar-refractivity contribution in [1.82, 2.24) is 9.80 Å². The highest BCUT2D eigenvalue weighted by molar-refractivity contribution is 7.80. The van der Waals surface area contributed by atoms with Gasteiger partial charge in [-0.1, -0.05) is 18.3 Å². The maximum absolute atomic E-state index is 13.6. The molecule has 0 unspecified atom stereocenters. The summed E-state index contributed by atoms with van der Waals surface area (Å²) in [5, 5.41) is 0. The molecule has 0 atom stereocenters. The van der Waals surface area contributed by atoms with Crippen molar-refractivity contribution in [2.24, 2.45) is 11.7 Å². The van der Waals surface area contributed by atoms with Gasteiger partial charge in [-0.3, -0.25) is 4.90 Å². The zero-order chi connectivity index (χ0) is 14.8. The van der Waals surface area contributed by atoms with Crippen molar-refractivity contribution in [3.63, 3.8) is 0 Å². The Balaban J connectivity index is 1.55. The second-order valence-corrected chi connectivity index (χ2v) is 6.64. The average molecular weight is 307 g/mol. The predicted molar refractivity (Wildman–Crippen MR) is 86.7 cm³/mol. The summed E-state index contributed by atoms with van der Waals surface area (Å²) in [6, 6.07) is 5.08. The highest BCUT2D eigenvalue weighted by Gasteiger charge is 2.26. The molecule has 1 saturated heterocycles. The van der Waals surface area contributed by atoms with Crippen LogP contribution in [-0.4, -0.2) is 47.5 Å². The zero-order valence-corrected chi connectivity index (χ0v) is 13.0. The quantitative estimate of drug-likeness (QED) is 0.843. The summed E-state index contributed by atoms with van der Waals surface area (Å²) in [7, 11) is 0. The molecule has 21 heavy (non-hydrogen) atoms. The van der Waals surface area contributed by atoms with E-state index in [0.29, 0.717) is 5.56 Å². The van der Waals surface area contributed by atoms with E-state index in [-0.39, 0.29) is 10.8 Å². The summed E-state index contributed by atoms with van der Waals surface area (Å²) in [4.78, 5) is 5.11. The topological polar surface area (TPSA) is 32.5 Å². The van der Waals surface area contributed by atoms with Gasteiger partial charge in [-0.15, -0.1) is 0 Å². The lowest BCUT2D eigenvalue weighted by Crippen LogP contribution is -2.46. The maximum Gasteiger partial charge on any atom is 0.133 e. The molecule has 0 bridgehead atoms. The van der Waals surface area contributed by atoms with Gasteiger partial charge in [-0.2, -0.15) is 0 Å². The van der Waals surface area contributed by atoms with Crippen molar-refractivity contribution in [2.75, 3.05) is 32.7 Å². The van der Waals surface area contributed by atoms with E-state index < -0.39 is 0 Å². The first-order valence-corrected chi connectivity index (χ1v) is 8.05. The first-order chi connectivity index (χ1) is 10.1. The van der Waals surface area contributed by atoms with E-state index in [2.05, 4.69) is 9.80 Å². The third-order valence-electron chi connectivity index (χ3n) is 4.38. The van der Waals surface area contributed by atoms with Crippen LogP contribution in [0.3, 0.4) is 0 Å². The minimum Gasteiger partial charge on any atom is -0.389 e. The first kappa shape index (κ1) is 14.9. The normalized spacial score (nSPS) is 20.6. The number of nitrogens with two attached hydrogens (primary N) is 1. The van der Waals surface area contributed by atoms with Gasteiger partial charge in [0.05, 0.1) is 0 Å². The van der Waals surface area contributed by atoms with Crippen LogP contribution in [0.15, 0.2) is 18.2 Å². The summed E-state index contributed by atoms with van der Waals surface area (Å²) in [6.07, 6.45) is 2.83. The van der Waals surface area contributed by atoms with Crippen LogP contribution in [0.25, 0.3) is 0 Å². The Morgan fingerprint density at radius 3 is 2.48 bits per heavy atom. The third kappa shape index (κ3) is 3.99. The van der Waals surface area contributed by atoms with E-state index in [1.807, 2.05) is 6.07 Å². The maximum atomic E-state index is 13.6. The molecule has 2 N–H and O–H groups in total. The molecule has 0 amide bonds. The van der Waals surface area contributed by atoms with Gasteiger partial charge in [0, 0.05) is 44.8 Å². The molecule has 0 radical (unpaired) electrons. The molecule has 1 aliphatic carbocycles. The molecule has 5 heteroatoms. The molecule has 0 aromatic heterocycles. The predicted octanol–water partition coefficient (Wildman–Crippen LogP) is 1.99. The highest BCUT2D eigenvalue weighted by atomic mass is 32.1. The Kier molecular flexibility index (Phi) is 4.52. The molecule has 3 nitrogen and oxygen atoms in total. The van der Waals surface area contributed by atoms with Gasteiger partial charge in [-0.05, 0) is 36.5 Å². The van der Waals surface area contributed by atoms with Gasteiger partial charge < -0.3 is 10.6 Å². The molecule has 2 aliphatic rings. The van der Waals surface area contributed by atoms with Gasteiger partial charge in [0.25, 0.3) is 0 Å². The lowest BCUT2D eigenvalue weighted by atomic mass is 10.1. The second-order valence-electron chi connectivity index (χ2n) is 6.20. The van der Waals surface area contributed by atoms with Gasteiger partial charge in [0.1, 0.15) is 10.8 Å². The SMILES string of the molecule is NC(=S)c1cc(CN2CCN(CC3CC3)CC2)ccc1F. The fraction of sp³-hybridized carbons (Fsp3) is 0.562. The van der Waals surface area contributed by atoms with Gasteiger partial charge in [0.2, 0.25) is 0 Å². The summed E-state index contributed by atoms with van der Waals surface area (Å²) in [5.41, 5.74) is 6.99. The first-order valence-electron chi connectivity index (χ1n) is 7.65. The third-order valence-corrected chi connectivity index (χ3v) is 4.60. The fourth-order valence-corrected chi connectivity index (χ4v) is 3.07. The van der Waals surface area contributed by atoms with Crippen LogP contribution < -0.4 is 5.73 Å². The molecule has 1 aromatic rings. The van der Waals surface area contributed by atoms with Crippen LogP contribution in [0.1, 0.15) is 24.0 Å². The van der Waals surface area contributed by atoms with Crippen LogP contribution in [0.4, 0.5) is 4.39 Å². The number of hydrogen-bond acceptors (Lipinski definition) is 3. The smallest absolute Gasteiger partial charge is 0.133 e. The van der Waals surface area contributed by atoms with Crippen molar-refractivity contribution < 1.29 is 4.39 Å². The number of hydrogen-bond donors (Lipinski definition) is 1. The Morgan fingerprint density at radius 2 is 1.86 bits per heavy atom. The molecule has 114 valence electrons. The molecule has 2 fully saturated rings. The van der Waals surface area contributed by atoms with Gasteiger partial charge in [-0.25, -0.2) is 4.39 Å². The van der Waals surface area contributed by atoms with E-state index in [4.69, 9.17) is 18.0 Å². The average Bonchev–Trinajstić information content (AvgIpc) is 3.27. The molecule has 1 aliphatic heterocycles. The van der Waals surface area contributed by atoms with Crippen molar-refractivity contribution in [3.8, 4) is 0 Å². The summed E-state index contributed by atoms with van der Waals surface area (Å²) < 4.78 is 13.6. The molecular formula is C16H22FN3S. The van der Waals surface area contributed by atoms with Crippen molar-refractivity contribution in [1.29, 1.82) is 0 Å². The van der Waals surface area contributed by atoms with E-state index in [1.165, 1.54) is 25.5 Å². The van der Waals surface area contributed by atoms with Crippen LogP contribution in [0, 0.1) is 11.7 Å². The monoisotopic (exact) mass is 307 g/mol. The number of benzene rings is 1. The standard InChI is InChI=1S/C16H22FN3S/c17-15-4-3-13(9-14(15)16(18)21)11-20-7-5-19(6-8-20)10-12-1-2-12/h3-4,9,12H,1-2,5-8,10-11H2,(H2,18,21). The van der Waals surface area contributed by atoms with Crippen molar-refractivity contribution in [2.45, 2.75) is 19.4 Å². The van der Waals surface area contributed by atoms with Crippen LogP contribution in [0.2, 0.25) is 0 Å². The largest absolute Gasteiger partial charge is 0.389 e. The minimum atomic E-state index is -0.333. The van der Waals surface area contributed by atoms with Crippen LogP contribution >= 0.6 is 12.2 Å². The zero-order valence-electron chi connectivity index (χ0n) is 12.2. The minimum absolute atomic E-state index is 0.128. The van der Waals surface area contributed by atoms with Gasteiger partial charge in [0.15, 0.2) is 0 Å². The lowest BCUT2D eigenvalue weighted by molar-refractivity contribution is 0.123. The fourth-order valence-electron chi connectivity index (χ4n) is 2.91. The van der Waals surface area contributed by atoms with E-state index in [9.17, 15) is 4.39 Å². The number of rotatable bonds is 5. The molecule has 1 saturated carbocycles. The van der Waals surface area contributed by atoms with E-state index in [0.717, 1.165) is 44.2 Å². The molecule has 1 aromatic carbocycles. The lowest BCUT2D eigenvalue weighted by Gasteiger charge is -2.34. The number of piperazine rings is 1. The molecule has 0 spiro atoms. The van der Waals surface area contributed by atoms with Crippen molar-refractivity contribution >= 4 is 17.2 Å². The summed E-state index contributed by atoms with van der Waals surface area (Å²) in [6.45, 7) is 6.54. The number of nitrogens with zero attached hydrogens (tertiary/aromatic N) is 2. The summed E-state index contributed by atoms with van der Waals surface area (Å²) >= 11 is 4.89. The molecule has 3 rings (SSSR count). The Labute approximate surface area is 130 Å². The second kappa shape index (κ2) is 6.38.